The van der Waals surface area contributed by atoms with Gasteiger partial charge in [-0.15, -0.1) is 0 Å². The lowest BCUT2D eigenvalue weighted by Crippen LogP contribution is -2.54. The molecule has 0 saturated heterocycles. The van der Waals surface area contributed by atoms with Crippen LogP contribution in [0.3, 0.4) is 0 Å². The second kappa shape index (κ2) is 6.93. The largest absolute Gasteiger partial charge is 0.501 e. The molecule has 0 spiro atoms. The van der Waals surface area contributed by atoms with E-state index in [0.29, 0.717) is 0 Å². The standard InChI is InChI=1S/C15H27NO2/c1-5-15(6-2,16(7-3)8-4)14(17)13-10-9-11-18-12-13/h12H,5-11H2,1-4H3. The monoisotopic (exact) mass is 253 g/mol. The fraction of sp³-hybridized carbons (Fsp3) is 0.800. The molecule has 0 atom stereocenters. The predicted octanol–water partition coefficient (Wildman–Crippen LogP) is 3.15. The van der Waals surface area contributed by atoms with Crippen LogP contribution in [0.5, 0.6) is 0 Å². The summed E-state index contributed by atoms with van der Waals surface area (Å²) in [6.45, 7) is 11.1. The van der Waals surface area contributed by atoms with E-state index in [4.69, 9.17) is 4.74 Å². The number of rotatable bonds is 7. The van der Waals surface area contributed by atoms with Gasteiger partial charge in [-0.1, -0.05) is 27.7 Å². The minimum Gasteiger partial charge on any atom is -0.501 e. The Morgan fingerprint density at radius 2 is 1.89 bits per heavy atom. The first-order chi connectivity index (χ1) is 8.66. The zero-order valence-corrected chi connectivity index (χ0v) is 12.3. The molecule has 104 valence electrons. The van der Waals surface area contributed by atoms with Crippen LogP contribution in [0.25, 0.3) is 0 Å². The number of carbonyl (C=O) groups excluding carboxylic acids is 1. The Hall–Kier alpha value is -0.830. The molecule has 0 fully saturated rings. The summed E-state index contributed by atoms with van der Waals surface area (Å²) in [6, 6.07) is 0. The molecular formula is C15H27NO2. The van der Waals surface area contributed by atoms with E-state index in [9.17, 15) is 4.79 Å². The zero-order valence-electron chi connectivity index (χ0n) is 12.3. The Balaban J connectivity index is 3.02. The van der Waals surface area contributed by atoms with Crippen LogP contribution in [-0.4, -0.2) is 35.9 Å². The maximum absolute atomic E-state index is 12.9. The van der Waals surface area contributed by atoms with Crippen LogP contribution in [0.4, 0.5) is 0 Å². The fourth-order valence-electron chi connectivity index (χ4n) is 3.02. The molecule has 3 nitrogen and oxygen atoms in total. The Labute approximate surface area is 111 Å². The number of hydrogen-bond donors (Lipinski definition) is 0. The van der Waals surface area contributed by atoms with Gasteiger partial charge in [0, 0.05) is 5.57 Å². The molecule has 0 saturated carbocycles. The highest BCUT2D eigenvalue weighted by molar-refractivity contribution is 6.02. The summed E-state index contributed by atoms with van der Waals surface area (Å²) in [5, 5.41) is 0. The molecule has 0 aromatic rings. The summed E-state index contributed by atoms with van der Waals surface area (Å²) in [5.74, 6) is 0.274. The van der Waals surface area contributed by atoms with Crippen molar-refractivity contribution < 1.29 is 9.53 Å². The quantitative estimate of drug-likeness (QED) is 0.698. The van der Waals surface area contributed by atoms with E-state index >= 15 is 0 Å². The molecule has 1 aliphatic rings. The molecule has 0 bridgehead atoms. The van der Waals surface area contributed by atoms with Gasteiger partial charge in [0.2, 0.25) is 0 Å². The molecule has 0 unspecified atom stereocenters. The molecule has 0 aromatic heterocycles. The van der Waals surface area contributed by atoms with Crippen molar-refractivity contribution in [3.63, 3.8) is 0 Å². The van der Waals surface area contributed by atoms with Crippen molar-refractivity contribution in [2.45, 2.75) is 58.9 Å². The van der Waals surface area contributed by atoms with Crippen molar-refractivity contribution in [3.05, 3.63) is 11.8 Å². The first kappa shape index (κ1) is 15.2. The van der Waals surface area contributed by atoms with Gasteiger partial charge in [-0.25, -0.2) is 0 Å². The molecule has 1 aliphatic heterocycles. The average Bonchev–Trinajstić information content (AvgIpc) is 2.45. The normalized spacial score (nSPS) is 16.4. The summed E-state index contributed by atoms with van der Waals surface area (Å²) >= 11 is 0. The van der Waals surface area contributed by atoms with Gasteiger partial charge in [0.1, 0.15) is 0 Å². The van der Waals surface area contributed by atoms with E-state index in [-0.39, 0.29) is 11.3 Å². The van der Waals surface area contributed by atoms with Gasteiger partial charge in [-0.3, -0.25) is 9.69 Å². The van der Waals surface area contributed by atoms with Gasteiger partial charge in [0.15, 0.2) is 5.78 Å². The van der Waals surface area contributed by atoms with Gasteiger partial charge >= 0.3 is 0 Å². The van der Waals surface area contributed by atoms with Crippen molar-refractivity contribution in [2.24, 2.45) is 0 Å². The molecule has 1 heterocycles. The average molecular weight is 253 g/mol. The third-order valence-electron chi connectivity index (χ3n) is 4.19. The second-order valence-corrected chi connectivity index (χ2v) is 4.86. The van der Waals surface area contributed by atoms with Gasteiger partial charge < -0.3 is 4.74 Å². The Bertz CT molecular complexity index is 302. The maximum Gasteiger partial charge on any atom is 0.182 e. The van der Waals surface area contributed by atoms with Crippen molar-refractivity contribution in [1.29, 1.82) is 0 Å². The summed E-state index contributed by atoms with van der Waals surface area (Å²) in [6.07, 6.45) is 5.24. The number of ether oxygens (including phenoxy) is 1. The van der Waals surface area contributed by atoms with Crippen LogP contribution >= 0.6 is 0 Å². The second-order valence-electron chi connectivity index (χ2n) is 4.86. The smallest absolute Gasteiger partial charge is 0.182 e. The lowest BCUT2D eigenvalue weighted by molar-refractivity contribution is -0.128. The van der Waals surface area contributed by atoms with Gasteiger partial charge in [-0.05, 0) is 38.8 Å². The van der Waals surface area contributed by atoms with Crippen molar-refractivity contribution >= 4 is 5.78 Å². The predicted molar refractivity (Wildman–Crippen MR) is 74.5 cm³/mol. The Morgan fingerprint density at radius 3 is 2.28 bits per heavy atom. The number of nitrogens with zero attached hydrogens (tertiary/aromatic N) is 1. The molecular weight excluding hydrogens is 226 g/mol. The van der Waals surface area contributed by atoms with E-state index in [2.05, 4.69) is 32.6 Å². The maximum atomic E-state index is 12.9. The molecule has 18 heavy (non-hydrogen) atoms. The molecule has 0 aliphatic carbocycles. The minimum absolute atomic E-state index is 0.274. The molecule has 0 aromatic carbocycles. The highest BCUT2D eigenvalue weighted by Gasteiger charge is 2.40. The summed E-state index contributed by atoms with van der Waals surface area (Å²) < 4.78 is 5.33. The number of likely N-dealkylation sites (N-methyl/N-ethyl adjacent to an activating group) is 1. The van der Waals surface area contributed by atoms with Crippen LogP contribution in [-0.2, 0) is 9.53 Å². The highest BCUT2D eigenvalue weighted by Crippen LogP contribution is 2.30. The molecule has 0 radical (unpaired) electrons. The van der Waals surface area contributed by atoms with Gasteiger partial charge in [0.05, 0.1) is 18.4 Å². The van der Waals surface area contributed by atoms with Crippen LogP contribution in [0.2, 0.25) is 0 Å². The molecule has 0 amide bonds. The third-order valence-corrected chi connectivity index (χ3v) is 4.19. The number of hydrogen-bond acceptors (Lipinski definition) is 3. The highest BCUT2D eigenvalue weighted by atomic mass is 16.5. The van der Waals surface area contributed by atoms with Crippen LogP contribution < -0.4 is 0 Å². The van der Waals surface area contributed by atoms with Gasteiger partial charge in [-0.2, -0.15) is 0 Å². The molecule has 0 N–H and O–H groups in total. The zero-order chi connectivity index (χ0) is 13.6. The lowest BCUT2D eigenvalue weighted by Gasteiger charge is -2.41. The minimum atomic E-state index is -0.337. The summed E-state index contributed by atoms with van der Waals surface area (Å²) in [7, 11) is 0. The third kappa shape index (κ3) is 2.77. The van der Waals surface area contributed by atoms with E-state index in [1.165, 1.54) is 0 Å². The first-order valence-corrected chi connectivity index (χ1v) is 7.26. The number of ketones is 1. The lowest BCUT2D eigenvalue weighted by atomic mass is 9.81. The molecule has 1 rings (SSSR count). The number of carbonyl (C=O) groups is 1. The molecule has 3 heteroatoms. The van der Waals surface area contributed by atoms with Crippen molar-refractivity contribution in [2.75, 3.05) is 19.7 Å². The van der Waals surface area contributed by atoms with E-state index in [1.54, 1.807) is 6.26 Å². The topological polar surface area (TPSA) is 29.5 Å². The Morgan fingerprint density at radius 1 is 1.28 bits per heavy atom. The van der Waals surface area contributed by atoms with Crippen LogP contribution in [0.15, 0.2) is 11.8 Å². The fourth-order valence-corrected chi connectivity index (χ4v) is 3.02. The summed E-state index contributed by atoms with van der Waals surface area (Å²) in [5.41, 5.74) is 0.535. The SMILES string of the molecule is CCN(CC)C(CC)(CC)C(=O)C1=COCCC1. The van der Waals surface area contributed by atoms with E-state index in [0.717, 1.165) is 51.0 Å². The van der Waals surface area contributed by atoms with Crippen LogP contribution in [0.1, 0.15) is 53.4 Å². The van der Waals surface area contributed by atoms with Crippen molar-refractivity contribution in [1.82, 2.24) is 4.90 Å². The van der Waals surface area contributed by atoms with E-state index < -0.39 is 0 Å². The van der Waals surface area contributed by atoms with Crippen LogP contribution in [0, 0.1) is 0 Å². The summed E-state index contributed by atoms with van der Waals surface area (Å²) in [4.78, 5) is 15.1. The van der Waals surface area contributed by atoms with E-state index in [1.807, 2.05) is 0 Å². The number of Topliss-reactive ketones (excluding diaryl/α,β-unsaturated/α-hetero) is 1. The van der Waals surface area contributed by atoms with Crippen molar-refractivity contribution in [3.8, 4) is 0 Å². The van der Waals surface area contributed by atoms with Gasteiger partial charge in [0.25, 0.3) is 0 Å². The first-order valence-electron chi connectivity index (χ1n) is 7.26. The Kier molecular flexibility index (Phi) is 5.86.